The Morgan fingerprint density at radius 1 is 0.971 bits per heavy atom. The van der Waals surface area contributed by atoms with Crippen LogP contribution in [-0.4, -0.2) is 65.1 Å². The first kappa shape index (κ1) is 23.3. The molecule has 0 atom stereocenters. The summed E-state index contributed by atoms with van der Waals surface area (Å²) < 4.78 is 5.49. The highest BCUT2D eigenvalue weighted by Gasteiger charge is 2.29. The Morgan fingerprint density at radius 2 is 1.66 bits per heavy atom. The van der Waals surface area contributed by atoms with Gasteiger partial charge in [0.25, 0.3) is 0 Å². The topological polar surface area (TPSA) is 112 Å². The second kappa shape index (κ2) is 10.4. The molecule has 2 fully saturated rings. The van der Waals surface area contributed by atoms with Crippen LogP contribution in [0.2, 0.25) is 0 Å². The Labute approximate surface area is 205 Å². The molecule has 0 bridgehead atoms. The number of benzene rings is 2. The Kier molecular flexibility index (Phi) is 6.92. The van der Waals surface area contributed by atoms with Crippen molar-refractivity contribution in [2.24, 2.45) is 5.92 Å². The van der Waals surface area contributed by atoms with E-state index in [4.69, 9.17) is 25.8 Å². The third-order valence-corrected chi connectivity index (χ3v) is 6.85. The van der Waals surface area contributed by atoms with Crippen molar-refractivity contribution in [3.8, 4) is 17.1 Å². The molecule has 2 aromatic carbocycles. The van der Waals surface area contributed by atoms with Gasteiger partial charge in [-0.05, 0) is 55.8 Å². The van der Waals surface area contributed by atoms with Gasteiger partial charge in [0.2, 0.25) is 0 Å². The van der Waals surface area contributed by atoms with Crippen molar-refractivity contribution in [3.05, 3.63) is 65.9 Å². The molecule has 3 aromatic rings. The number of likely N-dealkylation sites (tertiary alicyclic amines) is 1. The van der Waals surface area contributed by atoms with Crippen LogP contribution in [0.25, 0.3) is 11.4 Å². The number of hydrogen-bond acceptors (Lipinski definition) is 8. The zero-order valence-electron chi connectivity index (χ0n) is 19.9. The number of nitrogens with one attached hydrogen (secondary N) is 1. The van der Waals surface area contributed by atoms with Crippen LogP contribution in [0.3, 0.4) is 0 Å². The molecule has 0 spiro atoms. The van der Waals surface area contributed by atoms with Crippen molar-refractivity contribution in [2.45, 2.75) is 19.4 Å². The van der Waals surface area contributed by atoms with Gasteiger partial charge in [-0.2, -0.15) is 0 Å². The van der Waals surface area contributed by atoms with E-state index in [1.54, 1.807) is 0 Å². The summed E-state index contributed by atoms with van der Waals surface area (Å²) in [5.74, 6) is 0.990. The van der Waals surface area contributed by atoms with Crippen LogP contribution in [-0.2, 0) is 11.3 Å². The number of nitrogens with two attached hydrogens (primary N) is 1. The molecular weight excluding hydrogens is 440 g/mol. The molecule has 3 heterocycles. The highest BCUT2D eigenvalue weighted by molar-refractivity contribution is 6.02. The van der Waals surface area contributed by atoms with Gasteiger partial charge in [-0.3, -0.25) is 4.90 Å². The van der Waals surface area contributed by atoms with Crippen LogP contribution in [0.5, 0.6) is 5.75 Å². The van der Waals surface area contributed by atoms with Gasteiger partial charge in [-0.1, -0.05) is 30.3 Å². The van der Waals surface area contributed by atoms with Crippen LogP contribution < -0.4 is 10.6 Å². The molecule has 0 aliphatic carbocycles. The summed E-state index contributed by atoms with van der Waals surface area (Å²) in [5.41, 5.74) is 9.36. The second-order valence-electron chi connectivity index (χ2n) is 9.24. The first-order valence-electron chi connectivity index (χ1n) is 12.2. The Hall–Kier alpha value is -3.49. The smallest absolute Gasteiger partial charge is 0.186 e. The van der Waals surface area contributed by atoms with E-state index in [1.165, 1.54) is 5.56 Å². The third kappa shape index (κ3) is 5.28. The molecule has 5 rings (SSSR count). The van der Waals surface area contributed by atoms with Gasteiger partial charge in [0.05, 0.1) is 18.9 Å². The number of nitrogen functional groups attached to an aromatic ring is 1. The summed E-state index contributed by atoms with van der Waals surface area (Å²) in [5, 5.41) is 20.2. The summed E-state index contributed by atoms with van der Waals surface area (Å²) >= 11 is 0. The highest BCUT2D eigenvalue weighted by atomic mass is 16.5. The maximum atomic E-state index is 11.2. The van der Waals surface area contributed by atoms with E-state index in [0.29, 0.717) is 55.0 Å². The maximum absolute atomic E-state index is 11.2. The average molecular weight is 473 g/mol. The highest BCUT2D eigenvalue weighted by Crippen LogP contribution is 2.34. The molecule has 1 aromatic heterocycles. The van der Waals surface area contributed by atoms with E-state index in [0.717, 1.165) is 38.0 Å². The molecule has 0 radical (unpaired) electrons. The number of aromatic hydroxyl groups is 1. The van der Waals surface area contributed by atoms with Crippen LogP contribution >= 0.6 is 0 Å². The number of rotatable bonds is 6. The van der Waals surface area contributed by atoms with Gasteiger partial charge in [-0.25, -0.2) is 9.97 Å². The Bertz CT molecular complexity index is 1150. The van der Waals surface area contributed by atoms with E-state index in [9.17, 15) is 5.11 Å². The molecule has 2 aliphatic rings. The lowest BCUT2D eigenvalue weighted by molar-refractivity contribution is 0.122. The number of aromatic nitrogens is 2. The minimum atomic E-state index is -0.0113. The zero-order valence-corrected chi connectivity index (χ0v) is 19.9. The first-order valence-corrected chi connectivity index (χ1v) is 12.2. The molecule has 2 saturated heterocycles. The number of piperidine rings is 1. The van der Waals surface area contributed by atoms with Gasteiger partial charge in [-0.15, -0.1) is 0 Å². The Balaban J connectivity index is 1.39. The lowest BCUT2D eigenvalue weighted by atomic mass is 9.89. The van der Waals surface area contributed by atoms with Gasteiger partial charge < -0.3 is 25.9 Å². The monoisotopic (exact) mass is 472 g/mol. The number of nitrogens with zero attached hydrogens (tertiary/aromatic N) is 4. The summed E-state index contributed by atoms with van der Waals surface area (Å²) in [6.45, 7) is 5.17. The van der Waals surface area contributed by atoms with Gasteiger partial charge >= 0.3 is 0 Å². The molecule has 0 unspecified atom stereocenters. The van der Waals surface area contributed by atoms with Gasteiger partial charge in [0, 0.05) is 36.8 Å². The Morgan fingerprint density at radius 3 is 2.34 bits per heavy atom. The standard InChI is InChI=1S/C27H32N6O2/c28-22-8-6-21(7-9-22)26-30-24(25(34)27(31-26)33-14-16-35-17-15-33)23(29)20-10-12-32(13-11-20)18-19-4-2-1-3-5-19/h1-9,20,29,34H,10-18,28H2. The minimum Gasteiger partial charge on any atom is -0.503 e. The van der Waals surface area contributed by atoms with E-state index in [-0.39, 0.29) is 11.7 Å². The van der Waals surface area contributed by atoms with Crippen molar-refractivity contribution >= 4 is 17.2 Å². The van der Waals surface area contributed by atoms with E-state index < -0.39 is 0 Å². The lowest BCUT2D eigenvalue weighted by Gasteiger charge is -2.33. The molecule has 182 valence electrons. The number of hydrogen-bond donors (Lipinski definition) is 3. The number of anilines is 2. The summed E-state index contributed by atoms with van der Waals surface area (Å²) in [6, 6.07) is 17.9. The van der Waals surface area contributed by atoms with Crippen molar-refractivity contribution in [3.63, 3.8) is 0 Å². The molecule has 0 amide bonds. The molecular formula is C27H32N6O2. The summed E-state index contributed by atoms with van der Waals surface area (Å²) in [4.78, 5) is 13.8. The fraction of sp³-hybridized carbons (Fsp3) is 0.370. The van der Waals surface area contributed by atoms with Crippen LogP contribution in [0.15, 0.2) is 54.6 Å². The van der Waals surface area contributed by atoms with Crippen LogP contribution in [0, 0.1) is 11.3 Å². The molecule has 35 heavy (non-hydrogen) atoms. The summed E-state index contributed by atoms with van der Waals surface area (Å²) in [7, 11) is 0. The van der Waals surface area contributed by atoms with Crippen LogP contribution in [0.4, 0.5) is 11.5 Å². The zero-order chi connectivity index (χ0) is 24.2. The second-order valence-corrected chi connectivity index (χ2v) is 9.24. The van der Waals surface area contributed by atoms with Crippen molar-refractivity contribution < 1.29 is 9.84 Å². The third-order valence-electron chi connectivity index (χ3n) is 6.85. The molecule has 8 nitrogen and oxygen atoms in total. The SMILES string of the molecule is N=C(c1nc(-c2ccc(N)cc2)nc(N2CCOCC2)c1O)C1CCN(Cc2ccccc2)CC1. The quantitative estimate of drug-likeness (QED) is 0.372. The first-order chi connectivity index (χ1) is 17.1. The van der Waals surface area contributed by atoms with Gasteiger partial charge in [0.15, 0.2) is 17.4 Å². The molecule has 2 aliphatic heterocycles. The largest absolute Gasteiger partial charge is 0.503 e. The normalized spacial score (nSPS) is 17.4. The van der Waals surface area contributed by atoms with Crippen LogP contribution in [0.1, 0.15) is 24.1 Å². The van der Waals surface area contributed by atoms with Crippen molar-refractivity contribution in [2.75, 3.05) is 50.0 Å². The van der Waals surface area contributed by atoms with E-state index >= 15 is 0 Å². The molecule has 0 saturated carbocycles. The predicted octanol–water partition coefficient (Wildman–Crippen LogP) is 3.55. The lowest BCUT2D eigenvalue weighted by Crippen LogP contribution is -2.38. The van der Waals surface area contributed by atoms with E-state index in [1.807, 2.05) is 35.2 Å². The summed E-state index contributed by atoms with van der Waals surface area (Å²) in [6.07, 6.45) is 1.72. The molecule has 8 heteroatoms. The van der Waals surface area contributed by atoms with E-state index in [2.05, 4.69) is 29.2 Å². The fourth-order valence-electron chi connectivity index (χ4n) is 4.80. The fourth-order valence-corrected chi connectivity index (χ4v) is 4.80. The average Bonchev–Trinajstić information content (AvgIpc) is 2.90. The predicted molar refractivity (Wildman–Crippen MR) is 138 cm³/mol. The van der Waals surface area contributed by atoms with Gasteiger partial charge in [0.1, 0.15) is 5.69 Å². The van der Waals surface area contributed by atoms with Crippen molar-refractivity contribution in [1.29, 1.82) is 5.41 Å². The number of morpholine rings is 1. The number of ether oxygens (including phenoxy) is 1. The van der Waals surface area contributed by atoms with Crippen molar-refractivity contribution in [1.82, 2.24) is 14.9 Å². The minimum absolute atomic E-state index is 0.0113. The molecule has 4 N–H and O–H groups in total. The maximum Gasteiger partial charge on any atom is 0.186 e.